The Hall–Kier alpha value is -1.36. The minimum Gasteiger partial charge on any atom is -0.493 e. The standard InChI is InChI=1S/C10H12FNO2S/c1-12(2)10(15)14-9-6-7(11)4-5-8(9)13-3/h4-6H,1-3H3. The van der Waals surface area contributed by atoms with Gasteiger partial charge in [0.05, 0.1) is 7.11 Å². The summed E-state index contributed by atoms with van der Waals surface area (Å²) in [6, 6.07) is 4.02. The Morgan fingerprint density at radius 3 is 2.53 bits per heavy atom. The van der Waals surface area contributed by atoms with Crippen LogP contribution in [0.5, 0.6) is 11.5 Å². The summed E-state index contributed by atoms with van der Waals surface area (Å²) >= 11 is 4.94. The van der Waals surface area contributed by atoms with Gasteiger partial charge in [0, 0.05) is 20.2 Å². The van der Waals surface area contributed by atoms with Gasteiger partial charge in [0.1, 0.15) is 5.82 Å². The fraction of sp³-hybridized carbons (Fsp3) is 0.300. The monoisotopic (exact) mass is 229 g/mol. The normalized spacial score (nSPS) is 9.60. The Morgan fingerprint density at radius 1 is 1.33 bits per heavy atom. The average molecular weight is 229 g/mol. The van der Waals surface area contributed by atoms with E-state index in [-0.39, 0.29) is 10.9 Å². The molecule has 0 unspecified atom stereocenters. The van der Waals surface area contributed by atoms with Gasteiger partial charge < -0.3 is 14.4 Å². The van der Waals surface area contributed by atoms with Crippen LogP contribution >= 0.6 is 12.2 Å². The summed E-state index contributed by atoms with van der Waals surface area (Å²) in [5, 5.41) is 0.249. The van der Waals surface area contributed by atoms with Crippen molar-refractivity contribution < 1.29 is 13.9 Å². The molecule has 0 heterocycles. The van der Waals surface area contributed by atoms with Gasteiger partial charge in [-0.15, -0.1) is 0 Å². The van der Waals surface area contributed by atoms with E-state index in [1.807, 2.05) is 0 Å². The molecule has 0 atom stereocenters. The summed E-state index contributed by atoms with van der Waals surface area (Å²) in [7, 11) is 4.97. The zero-order valence-corrected chi connectivity index (χ0v) is 9.60. The molecule has 0 aliphatic heterocycles. The van der Waals surface area contributed by atoms with Gasteiger partial charge in [-0.2, -0.15) is 0 Å². The summed E-state index contributed by atoms with van der Waals surface area (Å²) in [5.41, 5.74) is 0. The zero-order chi connectivity index (χ0) is 11.4. The maximum atomic E-state index is 12.9. The predicted molar refractivity (Wildman–Crippen MR) is 59.9 cm³/mol. The number of hydrogen-bond donors (Lipinski definition) is 0. The summed E-state index contributed by atoms with van der Waals surface area (Å²) in [5.74, 6) is 0.323. The molecule has 0 aromatic heterocycles. The molecule has 1 rings (SSSR count). The maximum absolute atomic E-state index is 12.9. The molecule has 0 saturated heterocycles. The quantitative estimate of drug-likeness (QED) is 0.724. The van der Waals surface area contributed by atoms with Gasteiger partial charge in [0.2, 0.25) is 0 Å². The Labute approximate surface area is 93.4 Å². The van der Waals surface area contributed by atoms with Crippen LogP contribution in [-0.4, -0.2) is 31.3 Å². The van der Waals surface area contributed by atoms with Crippen molar-refractivity contribution in [3.8, 4) is 11.5 Å². The highest BCUT2D eigenvalue weighted by molar-refractivity contribution is 7.80. The zero-order valence-electron chi connectivity index (χ0n) is 8.78. The molecule has 0 bridgehead atoms. The molecule has 1 aromatic rings. The van der Waals surface area contributed by atoms with Gasteiger partial charge in [-0.05, 0) is 24.4 Å². The van der Waals surface area contributed by atoms with Crippen molar-refractivity contribution in [1.82, 2.24) is 4.90 Å². The smallest absolute Gasteiger partial charge is 0.264 e. The third-order valence-corrected chi connectivity index (χ3v) is 2.14. The van der Waals surface area contributed by atoms with Gasteiger partial charge in [0.15, 0.2) is 11.5 Å². The highest BCUT2D eigenvalue weighted by Crippen LogP contribution is 2.27. The lowest BCUT2D eigenvalue weighted by Gasteiger charge is -2.15. The predicted octanol–water partition coefficient (Wildman–Crippen LogP) is 2.06. The molecule has 0 saturated carbocycles. The van der Waals surface area contributed by atoms with Crippen LogP contribution in [0.3, 0.4) is 0 Å². The van der Waals surface area contributed by atoms with Crippen molar-refractivity contribution in [3.63, 3.8) is 0 Å². The summed E-state index contributed by atoms with van der Waals surface area (Å²) in [6.45, 7) is 0. The minimum absolute atomic E-state index is 0.249. The van der Waals surface area contributed by atoms with Crippen molar-refractivity contribution in [2.24, 2.45) is 0 Å². The van der Waals surface area contributed by atoms with E-state index in [2.05, 4.69) is 0 Å². The lowest BCUT2D eigenvalue weighted by molar-refractivity contribution is 0.376. The number of halogens is 1. The first-order chi connectivity index (χ1) is 7.04. The summed E-state index contributed by atoms with van der Waals surface area (Å²) in [4.78, 5) is 1.61. The molecule has 3 nitrogen and oxygen atoms in total. The second-order valence-electron chi connectivity index (χ2n) is 3.06. The van der Waals surface area contributed by atoms with Crippen LogP contribution in [0.15, 0.2) is 18.2 Å². The van der Waals surface area contributed by atoms with E-state index in [0.717, 1.165) is 0 Å². The number of hydrogen-bond acceptors (Lipinski definition) is 3. The molecule has 15 heavy (non-hydrogen) atoms. The Kier molecular flexibility index (Phi) is 3.85. The fourth-order valence-corrected chi connectivity index (χ4v) is 1.01. The van der Waals surface area contributed by atoms with E-state index in [1.54, 1.807) is 19.0 Å². The van der Waals surface area contributed by atoms with Crippen LogP contribution in [0.1, 0.15) is 0 Å². The van der Waals surface area contributed by atoms with Crippen molar-refractivity contribution in [2.45, 2.75) is 0 Å². The molecule has 0 N–H and O–H groups in total. The Bertz CT molecular complexity index is 368. The molecular weight excluding hydrogens is 217 g/mol. The number of thiocarbonyl (C=S) groups is 1. The lowest BCUT2D eigenvalue weighted by Crippen LogP contribution is -2.25. The van der Waals surface area contributed by atoms with E-state index in [1.165, 1.54) is 25.3 Å². The van der Waals surface area contributed by atoms with Crippen molar-refractivity contribution in [2.75, 3.05) is 21.2 Å². The maximum Gasteiger partial charge on any atom is 0.264 e. The lowest BCUT2D eigenvalue weighted by atomic mass is 10.3. The second kappa shape index (κ2) is 4.93. The van der Waals surface area contributed by atoms with Crippen LogP contribution in [-0.2, 0) is 0 Å². The Morgan fingerprint density at radius 2 is 2.00 bits per heavy atom. The largest absolute Gasteiger partial charge is 0.493 e. The van der Waals surface area contributed by atoms with Gasteiger partial charge >= 0.3 is 0 Å². The third kappa shape index (κ3) is 3.06. The van der Waals surface area contributed by atoms with E-state index in [9.17, 15) is 4.39 Å². The highest BCUT2D eigenvalue weighted by Gasteiger charge is 2.09. The number of ether oxygens (including phenoxy) is 2. The van der Waals surface area contributed by atoms with Crippen molar-refractivity contribution in [3.05, 3.63) is 24.0 Å². The number of benzene rings is 1. The molecule has 0 fully saturated rings. The molecular formula is C10H12FNO2S. The van der Waals surface area contributed by atoms with E-state index < -0.39 is 5.82 Å². The van der Waals surface area contributed by atoms with Gasteiger partial charge in [0.25, 0.3) is 5.17 Å². The van der Waals surface area contributed by atoms with Crippen LogP contribution in [0.4, 0.5) is 4.39 Å². The van der Waals surface area contributed by atoms with Crippen molar-refractivity contribution >= 4 is 17.4 Å². The number of rotatable bonds is 2. The molecule has 1 aromatic carbocycles. The topological polar surface area (TPSA) is 21.7 Å². The van der Waals surface area contributed by atoms with Crippen LogP contribution < -0.4 is 9.47 Å². The average Bonchev–Trinajstić information content (AvgIpc) is 2.18. The van der Waals surface area contributed by atoms with Crippen LogP contribution in [0.25, 0.3) is 0 Å². The highest BCUT2D eigenvalue weighted by atomic mass is 32.1. The Balaban J connectivity index is 2.92. The third-order valence-electron chi connectivity index (χ3n) is 1.69. The van der Waals surface area contributed by atoms with Crippen molar-refractivity contribution in [1.29, 1.82) is 0 Å². The molecule has 0 aliphatic rings. The summed E-state index contributed by atoms with van der Waals surface area (Å²) < 4.78 is 23.2. The molecule has 5 heteroatoms. The molecule has 0 aliphatic carbocycles. The number of nitrogens with zero attached hydrogens (tertiary/aromatic N) is 1. The van der Waals surface area contributed by atoms with E-state index in [4.69, 9.17) is 21.7 Å². The fourth-order valence-electron chi connectivity index (χ4n) is 0.916. The van der Waals surface area contributed by atoms with E-state index >= 15 is 0 Å². The second-order valence-corrected chi connectivity index (χ2v) is 3.41. The SMILES string of the molecule is COc1ccc(F)cc1OC(=S)N(C)C. The van der Waals surface area contributed by atoms with Gasteiger partial charge in [-0.3, -0.25) is 0 Å². The van der Waals surface area contributed by atoms with E-state index in [0.29, 0.717) is 5.75 Å². The minimum atomic E-state index is -0.396. The number of methoxy groups -OCH3 is 1. The first-order valence-corrected chi connectivity index (χ1v) is 4.68. The summed E-state index contributed by atoms with van der Waals surface area (Å²) in [6.07, 6.45) is 0. The molecule has 0 radical (unpaired) electrons. The first-order valence-electron chi connectivity index (χ1n) is 4.27. The molecule has 0 spiro atoms. The first kappa shape index (κ1) is 11.7. The van der Waals surface area contributed by atoms with Gasteiger partial charge in [-0.1, -0.05) is 0 Å². The molecule has 82 valence electrons. The van der Waals surface area contributed by atoms with Crippen LogP contribution in [0, 0.1) is 5.82 Å². The van der Waals surface area contributed by atoms with Gasteiger partial charge in [-0.25, -0.2) is 4.39 Å². The molecule has 0 amide bonds. The van der Waals surface area contributed by atoms with Crippen LogP contribution in [0.2, 0.25) is 0 Å².